The normalized spacial score (nSPS) is 10.4. The largest absolute Gasteiger partial charge is 0.403 e. The second-order valence-corrected chi connectivity index (χ2v) is 7.02. The Balaban J connectivity index is 1.49. The zero-order valence-corrected chi connectivity index (χ0v) is 17.6. The van der Waals surface area contributed by atoms with E-state index in [1.165, 1.54) is 24.3 Å². The zero-order valence-electron chi connectivity index (χ0n) is 17.6. The van der Waals surface area contributed by atoms with Crippen molar-refractivity contribution >= 4 is 34.9 Å². The molecular formula is C22H14N6O7. The van der Waals surface area contributed by atoms with Crippen molar-refractivity contribution in [3.8, 4) is 11.5 Å². The van der Waals surface area contributed by atoms with Crippen LogP contribution in [0.2, 0.25) is 0 Å². The maximum absolute atomic E-state index is 12.6. The van der Waals surface area contributed by atoms with Gasteiger partial charge in [0.1, 0.15) is 0 Å². The first-order valence-electron chi connectivity index (χ1n) is 9.86. The number of hydrogen-bond acceptors (Lipinski definition) is 9. The fourth-order valence-corrected chi connectivity index (χ4v) is 3.02. The molecule has 2 N–H and O–H groups in total. The number of nitro benzene ring substituents is 2. The zero-order chi connectivity index (χ0) is 24.9. The summed E-state index contributed by atoms with van der Waals surface area (Å²) in [5.74, 6) is -1.22. The lowest BCUT2D eigenvalue weighted by Gasteiger charge is -2.07. The highest BCUT2D eigenvalue weighted by molar-refractivity contribution is 6.07. The van der Waals surface area contributed by atoms with Gasteiger partial charge in [0.15, 0.2) is 0 Å². The van der Waals surface area contributed by atoms with Crippen LogP contribution in [0, 0.1) is 20.2 Å². The Bertz CT molecular complexity index is 1420. The van der Waals surface area contributed by atoms with Gasteiger partial charge in [-0.3, -0.25) is 35.1 Å². The molecule has 0 saturated carbocycles. The molecule has 0 unspecified atom stereocenters. The number of nitrogens with zero attached hydrogens (tertiary/aromatic N) is 4. The Morgan fingerprint density at radius 3 is 2.06 bits per heavy atom. The molecule has 2 amide bonds. The molecule has 0 radical (unpaired) electrons. The summed E-state index contributed by atoms with van der Waals surface area (Å²) in [6, 6.07) is 17.2. The van der Waals surface area contributed by atoms with Gasteiger partial charge in [-0.05, 0) is 30.3 Å². The summed E-state index contributed by atoms with van der Waals surface area (Å²) < 4.78 is 5.44. The number of hydrogen-bond donors (Lipinski definition) is 2. The monoisotopic (exact) mass is 474 g/mol. The molecule has 1 heterocycles. The number of non-ortho nitro benzene ring substituents is 2. The molecule has 0 aliphatic carbocycles. The average Bonchev–Trinajstić information content (AvgIpc) is 3.33. The SMILES string of the molecule is O=C(Nc1cccc(C(=O)Nc2nnc(-c3ccccc3)o2)c1)c1cc([N+](=O)[O-])cc([N+](=O)[O-])c1. The highest BCUT2D eigenvalue weighted by atomic mass is 16.6. The minimum Gasteiger partial charge on any atom is -0.403 e. The molecule has 0 aliphatic heterocycles. The van der Waals surface area contributed by atoms with Crippen LogP contribution < -0.4 is 10.6 Å². The number of nitrogens with one attached hydrogen (secondary N) is 2. The molecule has 13 nitrogen and oxygen atoms in total. The first-order valence-corrected chi connectivity index (χ1v) is 9.86. The summed E-state index contributed by atoms with van der Waals surface area (Å²) in [5.41, 5.74) is -0.523. The lowest BCUT2D eigenvalue weighted by Crippen LogP contribution is -2.15. The van der Waals surface area contributed by atoms with E-state index in [0.29, 0.717) is 5.56 Å². The third kappa shape index (κ3) is 5.31. The van der Waals surface area contributed by atoms with Gasteiger partial charge >= 0.3 is 6.01 Å². The van der Waals surface area contributed by atoms with Crippen LogP contribution in [0.3, 0.4) is 0 Å². The molecule has 1 aromatic heterocycles. The van der Waals surface area contributed by atoms with Crippen LogP contribution in [0.5, 0.6) is 0 Å². The van der Waals surface area contributed by atoms with Crippen LogP contribution in [0.1, 0.15) is 20.7 Å². The predicted octanol–water partition coefficient (Wildman–Crippen LogP) is 4.06. The summed E-state index contributed by atoms with van der Waals surface area (Å²) >= 11 is 0. The van der Waals surface area contributed by atoms with Crippen LogP contribution in [-0.2, 0) is 0 Å². The van der Waals surface area contributed by atoms with Gasteiger partial charge in [-0.1, -0.05) is 29.4 Å². The van der Waals surface area contributed by atoms with Gasteiger partial charge in [0.25, 0.3) is 23.2 Å². The Morgan fingerprint density at radius 2 is 1.40 bits per heavy atom. The fourth-order valence-electron chi connectivity index (χ4n) is 3.02. The standard InChI is InChI=1S/C22H14N6O7/c29-19(24-22-26-25-21(35-22)13-5-2-1-3-6-13)14-7-4-8-16(9-14)23-20(30)15-10-17(27(31)32)12-18(11-15)28(33)34/h1-12H,(H,23,30)(H,24,26,29). The molecule has 3 aromatic carbocycles. The van der Waals surface area contributed by atoms with Crippen molar-refractivity contribution in [3.63, 3.8) is 0 Å². The number of carbonyl (C=O) groups excluding carboxylic acids is 2. The Kier molecular flexibility index (Phi) is 6.22. The third-order valence-corrected chi connectivity index (χ3v) is 4.64. The van der Waals surface area contributed by atoms with E-state index in [4.69, 9.17) is 4.42 Å². The lowest BCUT2D eigenvalue weighted by molar-refractivity contribution is -0.394. The van der Waals surface area contributed by atoms with Crippen molar-refractivity contribution in [3.05, 3.63) is 104 Å². The van der Waals surface area contributed by atoms with Crippen LogP contribution in [-0.4, -0.2) is 31.9 Å². The number of anilines is 2. The summed E-state index contributed by atoms with van der Waals surface area (Å²) in [6.07, 6.45) is 0. The van der Waals surface area contributed by atoms with E-state index in [-0.39, 0.29) is 28.7 Å². The summed E-state index contributed by atoms with van der Waals surface area (Å²) in [5, 5.41) is 34.7. The molecule has 0 bridgehead atoms. The molecule has 0 aliphatic rings. The van der Waals surface area contributed by atoms with Crippen molar-refractivity contribution in [1.82, 2.24) is 10.2 Å². The van der Waals surface area contributed by atoms with Gasteiger partial charge in [0.2, 0.25) is 5.89 Å². The Morgan fingerprint density at radius 1 is 0.743 bits per heavy atom. The van der Waals surface area contributed by atoms with Crippen molar-refractivity contribution < 1.29 is 23.9 Å². The van der Waals surface area contributed by atoms with E-state index in [1.807, 2.05) is 6.07 Å². The first kappa shape index (κ1) is 22.7. The number of benzene rings is 3. The number of nitro groups is 2. The minimum absolute atomic E-state index is 0.132. The first-order chi connectivity index (χ1) is 16.8. The number of rotatable bonds is 7. The molecule has 35 heavy (non-hydrogen) atoms. The average molecular weight is 474 g/mol. The van der Waals surface area contributed by atoms with Gasteiger partial charge in [-0.15, -0.1) is 5.10 Å². The number of amides is 2. The number of carbonyl (C=O) groups is 2. The van der Waals surface area contributed by atoms with Crippen LogP contribution in [0.25, 0.3) is 11.5 Å². The maximum Gasteiger partial charge on any atom is 0.322 e. The number of aromatic nitrogens is 2. The van der Waals surface area contributed by atoms with E-state index < -0.39 is 33.0 Å². The molecule has 0 atom stereocenters. The van der Waals surface area contributed by atoms with Gasteiger partial charge < -0.3 is 9.73 Å². The van der Waals surface area contributed by atoms with Crippen LogP contribution in [0.4, 0.5) is 23.1 Å². The highest BCUT2D eigenvalue weighted by Gasteiger charge is 2.20. The smallest absolute Gasteiger partial charge is 0.322 e. The van der Waals surface area contributed by atoms with Gasteiger partial charge in [0, 0.05) is 28.9 Å². The molecule has 4 aromatic rings. The molecule has 4 rings (SSSR count). The lowest BCUT2D eigenvalue weighted by atomic mass is 10.1. The van der Waals surface area contributed by atoms with E-state index in [2.05, 4.69) is 20.8 Å². The molecule has 0 spiro atoms. The fraction of sp³-hybridized carbons (Fsp3) is 0. The highest BCUT2D eigenvalue weighted by Crippen LogP contribution is 2.24. The molecule has 174 valence electrons. The summed E-state index contributed by atoms with van der Waals surface area (Å²) in [6.45, 7) is 0. The van der Waals surface area contributed by atoms with Gasteiger partial charge in [-0.2, -0.15) is 0 Å². The second kappa shape index (κ2) is 9.58. The van der Waals surface area contributed by atoms with Crippen molar-refractivity contribution in [2.45, 2.75) is 0 Å². The third-order valence-electron chi connectivity index (χ3n) is 4.64. The van der Waals surface area contributed by atoms with Gasteiger partial charge in [-0.25, -0.2) is 0 Å². The van der Waals surface area contributed by atoms with E-state index >= 15 is 0 Å². The molecule has 0 fully saturated rings. The van der Waals surface area contributed by atoms with Crippen molar-refractivity contribution in [2.75, 3.05) is 10.6 Å². The summed E-state index contributed by atoms with van der Waals surface area (Å²) in [4.78, 5) is 45.6. The van der Waals surface area contributed by atoms with Gasteiger partial charge in [0.05, 0.1) is 21.5 Å². The second-order valence-electron chi connectivity index (χ2n) is 7.02. The topological polar surface area (TPSA) is 183 Å². The van der Waals surface area contributed by atoms with Crippen LogP contribution in [0.15, 0.2) is 77.2 Å². The molecule has 0 saturated heterocycles. The van der Waals surface area contributed by atoms with Crippen LogP contribution >= 0.6 is 0 Å². The maximum atomic E-state index is 12.6. The minimum atomic E-state index is -0.838. The van der Waals surface area contributed by atoms with E-state index in [0.717, 1.165) is 18.2 Å². The molecular weight excluding hydrogens is 460 g/mol. The quantitative estimate of drug-likeness (QED) is 0.294. The Hall–Kier alpha value is -5.46. The Labute approximate surface area is 195 Å². The predicted molar refractivity (Wildman–Crippen MR) is 122 cm³/mol. The summed E-state index contributed by atoms with van der Waals surface area (Å²) in [7, 11) is 0. The molecule has 13 heteroatoms. The van der Waals surface area contributed by atoms with E-state index in [9.17, 15) is 29.8 Å². The van der Waals surface area contributed by atoms with E-state index in [1.54, 1.807) is 24.3 Å². The van der Waals surface area contributed by atoms with Crippen molar-refractivity contribution in [2.24, 2.45) is 0 Å². The van der Waals surface area contributed by atoms with Crippen molar-refractivity contribution in [1.29, 1.82) is 0 Å².